The van der Waals surface area contributed by atoms with E-state index in [2.05, 4.69) is 22.9 Å². The molecule has 3 heteroatoms. The molecular formula is C13H21N3. The lowest BCUT2D eigenvalue weighted by molar-refractivity contribution is 0.584. The fraction of sp³-hybridized carbons (Fsp3) is 0.615. The van der Waals surface area contributed by atoms with Gasteiger partial charge < -0.3 is 10.6 Å². The van der Waals surface area contributed by atoms with E-state index in [-0.39, 0.29) is 0 Å². The molecule has 0 aromatic carbocycles. The summed E-state index contributed by atoms with van der Waals surface area (Å²) in [5.74, 6) is 0. The van der Waals surface area contributed by atoms with Gasteiger partial charge in [-0.1, -0.05) is 0 Å². The maximum atomic E-state index is 5.59. The molecule has 1 unspecified atom stereocenters. The highest BCUT2D eigenvalue weighted by molar-refractivity contribution is 5.53. The number of aromatic nitrogens is 1. The Balaban J connectivity index is 2.10. The van der Waals surface area contributed by atoms with E-state index in [9.17, 15) is 0 Å². The second-order valence-electron chi connectivity index (χ2n) is 4.58. The van der Waals surface area contributed by atoms with E-state index >= 15 is 0 Å². The normalized spacial score (nSPS) is 20.4. The predicted octanol–water partition coefficient (Wildman–Crippen LogP) is 2.10. The van der Waals surface area contributed by atoms with E-state index < -0.39 is 0 Å². The van der Waals surface area contributed by atoms with Gasteiger partial charge in [0.05, 0.1) is 0 Å². The Morgan fingerprint density at radius 2 is 2.44 bits per heavy atom. The Labute approximate surface area is 97.7 Å². The Bertz CT molecular complexity index is 338. The third kappa shape index (κ3) is 2.35. The first-order chi connectivity index (χ1) is 7.83. The summed E-state index contributed by atoms with van der Waals surface area (Å²) in [6.45, 7) is 4.13. The van der Waals surface area contributed by atoms with Crippen molar-refractivity contribution in [2.24, 2.45) is 5.73 Å². The largest absolute Gasteiger partial charge is 0.368 e. The van der Waals surface area contributed by atoms with Crippen LogP contribution in [0.4, 0.5) is 5.69 Å². The zero-order valence-corrected chi connectivity index (χ0v) is 10.0. The molecule has 0 aliphatic carbocycles. The minimum Gasteiger partial charge on any atom is -0.368 e. The third-order valence-electron chi connectivity index (χ3n) is 3.42. The molecule has 1 saturated heterocycles. The van der Waals surface area contributed by atoms with Gasteiger partial charge in [-0.3, -0.25) is 4.98 Å². The molecular weight excluding hydrogens is 198 g/mol. The van der Waals surface area contributed by atoms with Crippen LogP contribution in [0.3, 0.4) is 0 Å². The lowest BCUT2D eigenvalue weighted by Crippen LogP contribution is -2.30. The number of aryl methyl sites for hydroxylation is 1. The van der Waals surface area contributed by atoms with Gasteiger partial charge in [-0.2, -0.15) is 0 Å². The zero-order valence-electron chi connectivity index (χ0n) is 10.0. The number of anilines is 1. The van der Waals surface area contributed by atoms with Crippen LogP contribution in [-0.2, 0) is 0 Å². The van der Waals surface area contributed by atoms with Gasteiger partial charge in [-0.15, -0.1) is 0 Å². The van der Waals surface area contributed by atoms with Crippen molar-refractivity contribution in [2.45, 2.75) is 38.6 Å². The van der Waals surface area contributed by atoms with Crippen LogP contribution in [0.25, 0.3) is 0 Å². The molecule has 3 nitrogen and oxygen atoms in total. The van der Waals surface area contributed by atoms with Crippen LogP contribution in [0.5, 0.6) is 0 Å². The van der Waals surface area contributed by atoms with Crippen molar-refractivity contribution in [3.63, 3.8) is 0 Å². The Kier molecular flexibility index (Phi) is 3.78. The van der Waals surface area contributed by atoms with E-state index in [1.54, 1.807) is 0 Å². The van der Waals surface area contributed by atoms with Crippen molar-refractivity contribution in [1.82, 2.24) is 4.98 Å². The molecule has 0 spiro atoms. The molecule has 88 valence electrons. The number of nitrogens with two attached hydrogens (primary N) is 1. The van der Waals surface area contributed by atoms with Crippen LogP contribution in [0.15, 0.2) is 18.5 Å². The monoisotopic (exact) mass is 219 g/mol. The fourth-order valence-corrected chi connectivity index (χ4v) is 2.59. The molecule has 1 aromatic rings. The number of rotatable bonds is 4. The van der Waals surface area contributed by atoms with Gasteiger partial charge in [0.15, 0.2) is 0 Å². The Hall–Kier alpha value is -1.09. The lowest BCUT2D eigenvalue weighted by atomic mass is 10.1. The van der Waals surface area contributed by atoms with Gasteiger partial charge in [0.1, 0.15) is 0 Å². The molecule has 1 aromatic heterocycles. The maximum absolute atomic E-state index is 5.59. The number of nitrogens with zero attached hydrogens (tertiary/aromatic N) is 2. The second kappa shape index (κ2) is 5.30. The summed E-state index contributed by atoms with van der Waals surface area (Å²) in [7, 11) is 0. The average Bonchev–Trinajstić information content (AvgIpc) is 2.75. The van der Waals surface area contributed by atoms with Crippen LogP contribution in [0.2, 0.25) is 0 Å². The molecule has 2 N–H and O–H groups in total. The van der Waals surface area contributed by atoms with Gasteiger partial charge >= 0.3 is 0 Å². The molecule has 0 saturated carbocycles. The van der Waals surface area contributed by atoms with Gasteiger partial charge in [-0.05, 0) is 50.8 Å². The highest BCUT2D eigenvalue weighted by atomic mass is 15.2. The maximum Gasteiger partial charge on any atom is 0.0429 e. The summed E-state index contributed by atoms with van der Waals surface area (Å²) in [4.78, 5) is 6.69. The van der Waals surface area contributed by atoms with Crippen LogP contribution in [-0.4, -0.2) is 24.1 Å². The quantitative estimate of drug-likeness (QED) is 0.843. The number of hydrogen-bond acceptors (Lipinski definition) is 3. The van der Waals surface area contributed by atoms with Gasteiger partial charge in [0, 0.05) is 30.7 Å². The minimum absolute atomic E-state index is 0.685. The third-order valence-corrected chi connectivity index (χ3v) is 3.42. The highest BCUT2D eigenvalue weighted by Crippen LogP contribution is 2.29. The molecule has 16 heavy (non-hydrogen) atoms. The second-order valence-corrected chi connectivity index (χ2v) is 4.58. The van der Waals surface area contributed by atoms with Crippen molar-refractivity contribution in [3.8, 4) is 0 Å². The van der Waals surface area contributed by atoms with E-state index in [4.69, 9.17) is 5.73 Å². The average molecular weight is 219 g/mol. The van der Waals surface area contributed by atoms with Crippen molar-refractivity contribution >= 4 is 5.69 Å². The molecule has 1 fully saturated rings. The molecule has 2 heterocycles. The van der Waals surface area contributed by atoms with Crippen LogP contribution >= 0.6 is 0 Å². The molecule has 0 bridgehead atoms. The standard InChI is InChI=1S/C13H21N3/c1-11-10-15-8-6-13(11)16-9-3-5-12(16)4-2-7-14/h6,8,10,12H,2-5,7,9,14H2,1H3. The zero-order chi connectivity index (χ0) is 11.4. The summed E-state index contributed by atoms with van der Waals surface area (Å²) in [6, 6.07) is 2.82. The van der Waals surface area contributed by atoms with E-state index in [1.165, 1.54) is 37.1 Å². The van der Waals surface area contributed by atoms with Crippen molar-refractivity contribution in [3.05, 3.63) is 24.0 Å². The molecule has 2 rings (SSSR count). The van der Waals surface area contributed by atoms with E-state index in [0.717, 1.165) is 13.0 Å². The molecule has 1 atom stereocenters. The molecule has 0 amide bonds. The topological polar surface area (TPSA) is 42.2 Å². The highest BCUT2D eigenvalue weighted by Gasteiger charge is 2.24. The molecule has 0 radical (unpaired) electrons. The fourth-order valence-electron chi connectivity index (χ4n) is 2.59. The molecule has 1 aliphatic heterocycles. The van der Waals surface area contributed by atoms with Crippen LogP contribution in [0.1, 0.15) is 31.2 Å². The summed E-state index contributed by atoms with van der Waals surface area (Å²) >= 11 is 0. The summed E-state index contributed by atoms with van der Waals surface area (Å²) < 4.78 is 0. The van der Waals surface area contributed by atoms with Crippen molar-refractivity contribution < 1.29 is 0 Å². The predicted molar refractivity (Wildman–Crippen MR) is 67.6 cm³/mol. The first kappa shape index (κ1) is 11.4. The number of hydrogen-bond donors (Lipinski definition) is 1. The molecule has 1 aliphatic rings. The Morgan fingerprint density at radius 1 is 1.56 bits per heavy atom. The van der Waals surface area contributed by atoms with Crippen LogP contribution < -0.4 is 10.6 Å². The van der Waals surface area contributed by atoms with Gasteiger partial charge in [0.25, 0.3) is 0 Å². The smallest absolute Gasteiger partial charge is 0.0429 e. The van der Waals surface area contributed by atoms with Crippen LogP contribution in [0, 0.1) is 6.92 Å². The summed E-state index contributed by atoms with van der Waals surface area (Å²) in [5.41, 5.74) is 8.23. The first-order valence-electron chi connectivity index (χ1n) is 6.20. The summed E-state index contributed by atoms with van der Waals surface area (Å²) in [6.07, 6.45) is 8.80. The van der Waals surface area contributed by atoms with Gasteiger partial charge in [0.2, 0.25) is 0 Å². The lowest BCUT2D eigenvalue weighted by Gasteiger charge is -2.28. The SMILES string of the molecule is Cc1cnccc1N1CCCC1CCCN. The minimum atomic E-state index is 0.685. The van der Waals surface area contributed by atoms with Gasteiger partial charge in [-0.25, -0.2) is 0 Å². The Morgan fingerprint density at radius 3 is 3.19 bits per heavy atom. The van der Waals surface area contributed by atoms with E-state index in [1.807, 2.05) is 12.4 Å². The van der Waals surface area contributed by atoms with E-state index in [0.29, 0.717) is 6.04 Å². The summed E-state index contributed by atoms with van der Waals surface area (Å²) in [5, 5.41) is 0. The van der Waals surface area contributed by atoms with Crippen molar-refractivity contribution in [1.29, 1.82) is 0 Å². The number of pyridine rings is 1. The first-order valence-corrected chi connectivity index (χ1v) is 6.20. The van der Waals surface area contributed by atoms with Crippen molar-refractivity contribution in [2.75, 3.05) is 18.0 Å².